The zero-order valence-electron chi connectivity index (χ0n) is 7.28. The summed E-state index contributed by atoms with van der Waals surface area (Å²) in [6.45, 7) is 0. The third kappa shape index (κ3) is 1.30. The predicted molar refractivity (Wildman–Crippen MR) is 49.5 cm³/mol. The van der Waals surface area contributed by atoms with E-state index in [1.54, 1.807) is 0 Å². The van der Waals surface area contributed by atoms with Crippen molar-refractivity contribution in [3.63, 3.8) is 0 Å². The largest absolute Gasteiger partial charge is 0.501 e. The van der Waals surface area contributed by atoms with Crippen LogP contribution in [0.15, 0.2) is 18.5 Å². The SMILES string of the molecule is O=[N+]([O-])c1c(O)nc2cnccc2c1O. The first-order chi connectivity index (χ1) is 7.11. The molecule has 0 spiro atoms. The number of hydrogen-bond acceptors (Lipinski definition) is 6. The fourth-order valence-corrected chi connectivity index (χ4v) is 1.24. The normalized spacial score (nSPS) is 10.4. The summed E-state index contributed by atoms with van der Waals surface area (Å²) in [6, 6.07) is 1.38. The molecule has 15 heavy (non-hydrogen) atoms. The number of nitro groups is 1. The van der Waals surface area contributed by atoms with Crippen molar-refractivity contribution in [2.75, 3.05) is 0 Å². The maximum atomic E-state index is 10.5. The highest BCUT2D eigenvalue weighted by Crippen LogP contribution is 2.38. The Balaban J connectivity index is 2.90. The van der Waals surface area contributed by atoms with E-state index in [1.807, 2.05) is 0 Å². The lowest BCUT2D eigenvalue weighted by Crippen LogP contribution is -1.93. The van der Waals surface area contributed by atoms with Gasteiger partial charge in [-0.1, -0.05) is 0 Å². The van der Waals surface area contributed by atoms with Crippen LogP contribution in [0.4, 0.5) is 5.69 Å². The highest BCUT2D eigenvalue weighted by Gasteiger charge is 2.24. The van der Waals surface area contributed by atoms with Gasteiger partial charge in [0.2, 0.25) is 5.75 Å². The number of nitrogens with zero attached hydrogens (tertiary/aromatic N) is 3. The summed E-state index contributed by atoms with van der Waals surface area (Å²) < 4.78 is 0. The van der Waals surface area contributed by atoms with Gasteiger partial charge in [0.25, 0.3) is 5.88 Å². The van der Waals surface area contributed by atoms with E-state index in [1.165, 1.54) is 18.5 Å². The maximum absolute atomic E-state index is 10.5. The van der Waals surface area contributed by atoms with Crippen molar-refractivity contribution in [3.05, 3.63) is 28.6 Å². The molecule has 2 N–H and O–H groups in total. The molecule has 0 aliphatic carbocycles. The molecule has 0 aliphatic heterocycles. The first-order valence-electron chi connectivity index (χ1n) is 3.91. The molecule has 0 radical (unpaired) electrons. The lowest BCUT2D eigenvalue weighted by Gasteiger charge is -2.01. The Kier molecular flexibility index (Phi) is 1.86. The van der Waals surface area contributed by atoms with E-state index in [9.17, 15) is 20.3 Å². The third-order valence-electron chi connectivity index (χ3n) is 1.90. The van der Waals surface area contributed by atoms with Crippen molar-refractivity contribution in [2.24, 2.45) is 0 Å². The van der Waals surface area contributed by atoms with Crippen LogP contribution in [0, 0.1) is 10.1 Å². The van der Waals surface area contributed by atoms with Crippen LogP contribution in [0.5, 0.6) is 11.6 Å². The van der Waals surface area contributed by atoms with E-state index in [-0.39, 0.29) is 10.9 Å². The van der Waals surface area contributed by atoms with Crippen LogP contribution in [0.2, 0.25) is 0 Å². The molecule has 0 unspecified atom stereocenters. The van der Waals surface area contributed by atoms with Crippen LogP contribution < -0.4 is 0 Å². The Morgan fingerprint density at radius 2 is 2.13 bits per heavy atom. The van der Waals surface area contributed by atoms with Crippen LogP contribution >= 0.6 is 0 Å². The number of pyridine rings is 2. The molecule has 0 saturated heterocycles. The van der Waals surface area contributed by atoms with Crippen LogP contribution in [0.1, 0.15) is 0 Å². The molecule has 0 bridgehead atoms. The van der Waals surface area contributed by atoms with Gasteiger partial charge < -0.3 is 10.2 Å². The lowest BCUT2D eigenvalue weighted by atomic mass is 10.2. The Labute approximate surface area is 82.8 Å². The quantitative estimate of drug-likeness (QED) is 0.532. The second-order valence-electron chi connectivity index (χ2n) is 2.78. The minimum absolute atomic E-state index is 0.175. The molecular formula is C8H5N3O4. The van der Waals surface area contributed by atoms with Gasteiger partial charge in [-0.05, 0) is 6.07 Å². The summed E-state index contributed by atoms with van der Waals surface area (Å²) in [5.41, 5.74) is -0.605. The summed E-state index contributed by atoms with van der Waals surface area (Å²) in [6.07, 6.45) is 2.66. The molecule has 2 heterocycles. The lowest BCUT2D eigenvalue weighted by molar-refractivity contribution is -0.387. The van der Waals surface area contributed by atoms with Gasteiger partial charge in [-0.2, -0.15) is 0 Å². The summed E-state index contributed by atoms with van der Waals surface area (Å²) in [7, 11) is 0. The first-order valence-corrected chi connectivity index (χ1v) is 3.91. The Hall–Kier alpha value is -2.44. The van der Waals surface area contributed by atoms with Gasteiger partial charge in [-0.3, -0.25) is 15.1 Å². The minimum atomic E-state index is -0.891. The zero-order chi connectivity index (χ0) is 11.0. The van der Waals surface area contributed by atoms with Crippen molar-refractivity contribution in [1.29, 1.82) is 0 Å². The minimum Gasteiger partial charge on any atom is -0.501 e. The van der Waals surface area contributed by atoms with Gasteiger partial charge in [0.05, 0.1) is 22.0 Å². The van der Waals surface area contributed by atoms with Crippen molar-refractivity contribution in [1.82, 2.24) is 9.97 Å². The molecule has 2 aromatic rings. The molecular weight excluding hydrogens is 202 g/mol. The number of rotatable bonds is 1. The fraction of sp³-hybridized carbons (Fsp3) is 0. The Bertz CT molecular complexity index is 555. The van der Waals surface area contributed by atoms with E-state index in [4.69, 9.17) is 0 Å². The highest BCUT2D eigenvalue weighted by atomic mass is 16.6. The predicted octanol–water partition coefficient (Wildman–Crippen LogP) is 0.949. The average Bonchev–Trinajstić information content (AvgIpc) is 2.17. The molecule has 0 aromatic carbocycles. The topological polar surface area (TPSA) is 109 Å². The molecule has 0 amide bonds. The van der Waals surface area contributed by atoms with Gasteiger partial charge in [0.15, 0.2) is 0 Å². The van der Waals surface area contributed by atoms with Gasteiger partial charge in [-0.25, -0.2) is 4.98 Å². The second kappa shape index (κ2) is 3.05. The van der Waals surface area contributed by atoms with Crippen LogP contribution in [-0.2, 0) is 0 Å². The molecule has 2 aromatic heterocycles. The average molecular weight is 207 g/mol. The Morgan fingerprint density at radius 3 is 2.80 bits per heavy atom. The van der Waals surface area contributed by atoms with Gasteiger partial charge >= 0.3 is 5.69 Å². The standard InChI is InChI=1S/C8H5N3O4/c12-7-4-1-2-9-3-5(4)10-8(13)6(7)11(14)15/h1-3H,(H2,10,12,13). The second-order valence-corrected chi connectivity index (χ2v) is 2.78. The van der Waals surface area contributed by atoms with Gasteiger partial charge in [-0.15, -0.1) is 0 Å². The van der Waals surface area contributed by atoms with Crippen LogP contribution in [0.3, 0.4) is 0 Å². The third-order valence-corrected chi connectivity index (χ3v) is 1.90. The molecule has 0 saturated carbocycles. The monoisotopic (exact) mass is 207 g/mol. The highest BCUT2D eigenvalue weighted by molar-refractivity contribution is 5.89. The number of aromatic nitrogens is 2. The Morgan fingerprint density at radius 1 is 1.40 bits per heavy atom. The molecule has 76 valence electrons. The molecule has 7 heteroatoms. The molecule has 0 atom stereocenters. The first kappa shape index (κ1) is 9.13. The molecule has 0 fully saturated rings. The summed E-state index contributed by atoms with van der Waals surface area (Å²) in [5, 5.41) is 29.4. The van der Waals surface area contributed by atoms with Gasteiger partial charge in [0, 0.05) is 6.20 Å². The summed E-state index contributed by atoms with van der Waals surface area (Å²) in [5.74, 6) is -1.43. The maximum Gasteiger partial charge on any atom is 0.372 e. The number of aromatic hydroxyl groups is 2. The molecule has 7 nitrogen and oxygen atoms in total. The van der Waals surface area contributed by atoms with E-state index in [2.05, 4.69) is 9.97 Å². The molecule has 2 rings (SSSR count). The van der Waals surface area contributed by atoms with Crippen molar-refractivity contribution < 1.29 is 15.1 Å². The van der Waals surface area contributed by atoms with Crippen molar-refractivity contribution in [3.8, 4) is 11.6 Å². The summed E-state index contributed by atoms with van der Waals surface area (Å²) >= 11 is 0. The van der Waals surface area contributed by atoms with Crippen molar-refractivity contribution in [2.45, 2.75) is 0 Å². The smallest absolute Gasteiger partial charge is 0.372 e. The van der Waals surface area contributed by atoms with Gasteiger partial charge in [0.1, 0.15) is 0 Å². The van der Waals surface area contributed by atoms with Crippen molar-refractivity contribution >= 4 is 16.6 Å². The number of fused-ring (bicyclic) bond motifs is 1. The summed E-state index contributed by atoms with van der Waals surface area (Å²) in [4.78, 5) is 16.9. The van der Waals surface area contributed by atoms with E-state index >= 15 is 0 Å². The molecule has 0 aliphatic rings. The van der Waals surface area contributed by atoms with E-state index < -0.39 is 22.2 Å². The van der Waals surface area contributed by atoms with E-state index in [0.29, 0.717) is 0 Å². The zero-order valence-corrected chi connectivity index (χ0v) is 7.28. The number of hydrogen-bond donors (Lipinski definition) is 2. The van der Waals surface area contributed by atoms with E-state index in [0.717, 1.165) is 0 Å². The van der Waals surface area contributed by atoms with Crippen LogP contribution in [0.25, 0.3) is 10.9 Å². The van der Waals surface area contributed by atoms with Crippen LogP contribution in [-0.4, -0.2) is 25.1 Å². The fourth-order valence-electron chi connectivity index (χ4n) is 1.24.